The van der Waals surface area contributed by atoms with E-state index >= 15 is 0 Å². The molecule has 0 amide bonds. The van der Waals surface area contributed by atoms with Crippen molar-refractivity contribution in [3.05, 3.63) is 21.1 Å². The van der Waals surface area contributed by atoms with Gasteiger partial charge in [-0.1, -0.05) is 0 Å². The van der Waals surface area contributed by atoms with Gasteiger partial charge in [0.25, 0.3) is 0 Å². The summed E-state index contributed by atoms with van der Waals surface area (Å²) in [5.74, 6) is 0.506. The van der Waals surface area contributed by atoms with Gasteiger partial charge in [0.05, 0.1) is 20.4 Å². The fraction of sp³-hybridized carbons (Fsp3) is 0.400. The summed E-state index contributed by atoms with van der Waals surface area (Å²) >= 11 is 6.51. The Morgan fingerprint density at radius 1 is 1.33 bits per heavy atom. The minimum Gasteiger partial charge on any atom is -0.486 e. The third-order valence-corrected chi connectivity index (χ3v) is 4.09. The molecule has 1 rings (SSSR count). The maximum atomic E-state index is 11.2. The molecule has 0 heterocycles. The van der Waals surface area contributed by atoms with Crippen molar-refractivity contribution in [2.24, 2.45) is 5.14 Å². The molecule has 1 unspecified atom stereocenters. The van der Waals surface area contributed by atoms with Gasteiger partial charge in [0.1, 0.15) is 11.9 Å². The molecule has 0 aliphatic heterocycles. The van der Waals surface area contributed by atoms with Crippen LogP contribution >= 0.6 is 31.9 Å². The van der Waals surface area contributed by atoms with Crippen LogP contribution in [0.2, 0.25) is 0 Å². The first-order valence-corrected chi connectivity index (χ1v) is 8.06. The Balaban J connectivity index is 3.09. The largest absolute Gasteiger partial charge is 0.486 e. The lowest BCUT2D eigenvalue weighted by atomic mass is 10.3. The molecule has 0 saturated heterocycles. The SMILES string of the molecule is COCC(C)Oc1c(Br)cc(S(N)(=O)=O)cc1Br. The molecule has 1 atom stereocenters. The highest BCUT2D eigenvalue weighted by atomic mass is 79.9. The summed E-state index contributed by atoms with van der Waals surface area (Å²) in [7, 11) is -2.17. The maximum Gasteiger partial charge on any atom is 0.238 e. The van der Waals surface area contributed by atoms with Crippen molar-refractivity contribution in [3.63, 3.8) is 0 Å². The topological polar surface area (TPSA) is 78.6 Å². The summed E-state index contributed by atoms with van der Waals surface area (Å²) in [6.07, 6.45) is -0.164. The quantitative estimate of drug-likeness (QED) is 0.819. The zero-order chi connectivity index (χ0) is 13.9. The van der Waals surface area contributed by atoms with Crippen LogP contribution in [0.5, 0.6) is 5.75 Å². The molecule has 0 bridgehead atoms. The second-order valence-corrected chi connectivity index (χ2v) is 6.91. The van der Waals surface area contributed by atoms with Crippen molar-refractivity contribution < 1.29 is 17.9 Å². The zero-order valence-electron chi connectivity index (χ0n) is 9.81. The van der Waals surface area contributed by atoms with E-state index in [1.807, 2.05) is 6.92 Å². The average molecular weight is 403 g/mol. The molecule has 1 aromatic rings. The fourth-order valence-electron chi connectivity index (χ4n) is 1.28. The number of methoxy groups -OCH3 is 1. The summed E-state index contributed by atoms with van der Waals surface area (Å²) < 4.78 is 34.1. The molecule has 18 heavy (non-hydrogen) atoms. The van der Waals surface area contributed by atoms with Gasteiger partial charge in [-0.2, -0.15) is 0 Å². The molecule has 0 fully saturated rings. The summed E-state index contributed by atoms with van der Waals surface area (Å²) in [5.41, 5.74) is 0. The normalized spacial score (nSPS) is 13.4. The molecule has 102 valence electrons. The highest BCUT2D eigenvalue weighted by Crippen LogP contribution is 2.36. The van der Waals surface area contributed by atoms with Gasteiger partial charge in [-0.25, -0.2) is 13.6 Å². The number of rotatable bonds is 5. The van der Waals surface area contributed by atoms with Crippen LogP contribution in [-0.4, -0.2) is 28.2 Å². The van der Waals surface area contributed by atoms with Gasteiger partial charge in [0.2, 0.25) is 10.0 Å². The van der Waals surface area contributed by atoms with Gasteiger partial charge in [-0.3, -0.25) is 0 Å². The van der Waals surface area contributed by atoms with Crippen LogP contribution in [0.15, 0.2) is 26.0 Å². The minimum absolute atomic E-state index is 0.00740. The molecule has 0 radical (unpaired) electrons. The van der Waals surface area contributed by atoms with E-state index in [2.05, 4.69) is 31.9 Å². The van der Waals surface area contributed by atoms with E-state index in [0.29, 0.717) is 21.3 Å². The van der Waals surface area contributed by atoms with Gasteiger partial charge < -0.3 is 9.47 Å². The molecular weight excluding hydrogens is 390 g/mol. The molecule has 2 N–H and O–H groups in total. The van der Waals surface area contributed by atoms with Gasteiger partial charge in [0, 0.05) is 7.11 Å². The number of hydrogen-bond acceptors (Lipinski definition) is 4. The van der Waals surface area contributed by atoms with E-state index < -0.39 is 10.0 Å². The molecule has 0 aliphatic rings. The number of nitrogens with two attached hydrogens (primary N) is 1. The van der Waals surface area contributed by atoms with Crippen molar-refractivity contribution in [1.82, 2.24) is 0 Å². The number of benzene rings is 1. The highest BCUT2D eigenvalue weighted by Gasteiger charge is 2.16. The maximum absolute atomic E-state index is 11.2. The molecule has 0 spiro atoms. The van der Waals surface area contributed by atoms with Gasteiger partial charge in [0.15, 0.2) is 0 Å². The first-order chi connectivity index (χ1) is 8.25. The van der Waals surface area contributed by atoms with Crippen LogP contribution in [-0.2, 0) is 14.8 Å². The van der Waals surface area contributed by atoms with Gasteiger partial charge in [-0.05, 0) is 50.9 Å². The van der Waals surface area contributed by atoms with Crippen LogP contribution in [0.25, 0.3) is 0 Å². The predicted molar refractivity (Wildman–Crippen MR) is 75.2 cm³/mol. The van der Waals surface area contributed by atoms with E-state index in [4.69, 9.17) is 14.6 Å². The van der Waals surface area contributed by atoms with Crippen molar-refractivity contribution in [1.29, 1.82) is 0 Å². The standard InChI is InChI=1S/C10H13Br2NO4S/c1-6(5-16-2)17-10-8(11)3-7(4-9(10)12)18(13,14)15/h3-4,6H,5H2,1-2H3,(H2,13,14,15). The minimum atomic E-state index is -3.74. The molecule has 1 aromatic carbocycles. The fourth-order valence-corrected chi connectivity index (χ4v) is 3.52. The number of primary sulfonamides is 1. The van der Waals surface area contributed by atoms with Crippen LogP contribution in [0.4, 0.5) is 0 Å². The summed E-state index contributed by atoms with van der Waals surface area (Å²) in [6.45, 7) is 2.27. The Morgan fingerprint density at radius 3 is 2.22 bits per heavy atom. The predicted octanol–water partition coefficient (Wildman–Crippen LogP) is 2.27. The lowest BCUT2D eigenvalue weighted by Crippen LogP contribution is -2.19. The second kappa shape index (κ2) is 6.33. The van der Waals surface area contributed by atoms with Crippen LogP contribution in [0, 0.1) is 0 Å². The third-order valence-electron chi connectivity index (χ3n) is 2.02. The highest BCUT2D eigenvalue weighted by molar-refractivity contribution is 9.11. The van der Waals surface area contributed by atoms with Crippen LogP contribution < -0.4 is 9.88 Å². The molecule has 0 saturated carbocycles. The Labute approximate surface area is 123 Å². The number of halogens is 2. The Morgan fingerprint density at radius 2 is 1.83 bits per heavy atom. The average Bonchev–Trinajstić information content (AvgIpc) is 2.22. The molecule has 8 heteroatoms. The summed E-state index contributed by atoms with van der Waals surface area (Å²) in [6, 6.07) is 2.80. The van der Waals surface area contributed by atoms with Crippen LogP contribution in [0.3, 0.4) is 0 Å². The second-order valence-electron chi connectivity index (χ2n) is 3.64. The van der Waals surface area contributed by atoms with Crippen molar-refractivity contribution >= 4 is 41.9 Å². The zero-order valence-corrected chi connectivity index (χ0v) is 13.8. The molecule has 5 nitrogen and oxygen atoms in total. The van der Waals surface area contributed by atoms with Gasteiger partial charge in [-0.15, -0.1) is 0 Å². The summed E-state index contributed by atoms with van der Waals surface area (Å²) in [4.78, 5) is 0.00740. The van der Waals surface area contributed by atoms with E-state index in [1.54, 1.807) is 7.11 Å². The van der Waals surface area contributed by atoms with Crippen molar-refractivity contribution in [2.45, 2.75) is 17.9 Å². The Hall–Kier alpha value is -0.150. The number of hydrogen-bond donors (Lipinski definition) is 1. The van der Waals surface area contributed by atoms with Crippen molar-refractivity contribution in [2.75, 3.05) is 13.7 Å². The van der Waals surface area contributed by atoms with E-state index in [0.717, 1.165) is 0 Å². The Bertz CT molecular complexity index is 510. The Kier molecular flexibility index (Phi) is 5.60. The molecule has 0 aliphatic carbocycles. The molecular formula is C10H13Br2NO4S. The lowest BCUT2D eigenvalue weighted by molar-refractivity contribution is 0.0910. The summed E-state index contributed by atoms with van der Waals surface area (Å²) in [5, 5.41) is 5.06. The smallest absolute Gasteiger partial charge is 0.238 e. The van der Waals surface area contributed by atoms with E-state index in [1.165, 1.54) is 12.1 Å². The van der Waals surface area contributed by atoms with Gasteiger partial charge >= 0.3 is 0 Å². The number of sulfonamides is 1. The number of ether oxygens (including phenoxy) is 2. The molecule has 0 aromatic heterocycles. The van der Waals surface area contributed by atoms with Crippen LogP contribution in [0.1, 0.15) is 6.92 Å². The first kappa shape index (κ1) is 15.9. The van der Waals surface area contributed by atoms with E-state index in [9.17, 15) is 8.42 Å². The lowest BCUT2D eigenvalue weighted by Gasteiger charge is -2.17. The third kappa shape index (κ3) is 4.20. The first-order valence-electron chi connectivity index (χ1n) is 4.93. The van der Waals surface area contributed by atoms with E-state index in [-0.39, 0.29) is 11.0 Å². The van der Waals surface area contributed by atoms with Crippen molar-refractivity contribution in [3.8, 4) is 5.75 Å². The monoisotopic (exact) mass is 401 g/mol.